The number of aromatic amines is 1. The molecule has 0 radical (unpaired) electrons. The molecule has 1 saturated heterocycles. The Morgan fingerprint density at radius 2 is 1.94 bits per heavy atom. The van der Waals surface area contributed by atoms with E-state index in [9.17, 15) is 4.79 Å². The second-order valence-corrected chi connectivity index (χ2v) is 8.53. The average Bonchev–Trinajstić information content (AvgIpc) is 3.20. The molecule has 164 valence electrons. The molecule has 31 heavy (non-hydrogen) atoms. The largest absolute Gasteiger partial charge is 0.497 e. The van der Waals surface area contributed by atoms with Crippen LogP contribution in [0.4, 0.5) is 0 Å². The van der Waals surface area contributed by atoms with Gasteiger partial charge < -0.3 is 19.4 Å². The van der Waals surface area contributed by atoms with Crippen LogP contribution in [-0.4, -0.2) is 48.2 Å². The second kappa shape index (κ2) is 9.15. The summed E-state index contributed by atoms with van der Waals surface area (Å²) in [7, 11) is 1.68. The van der Waals surface area contributed by atoms with Crippen LogP contribution in [0.1, 0.15) is 49.8 Å². The number of hydrogen-bond donors (Lipinski definition) is 1. The second-order valence-electron chi connectivity index (χ2n) is 8.53. The molecule has 3 atom stereocenters. The lowest BCUT2D eigenvalue weighted by Crippen LogP contribution is -2.48. The van der Waals surface area contributed by atoms with E-state index in [-0.39, 0.29) is 24.0 Å². The summed E-state index contributed by atoms with van der Waals surface area (Å²) < 4.78 is 11.3. The SMILES string of the molecule is CCc1cccc2c([C@H](CC(=O)N3C[C@@H](C)O[C@@H](C)C3)c3cccc(OC)c3)c[nH]c12. The van der Waals surface area contributed by atoms with Crippen molar-refractivity contribution < 1.29 is 14.3 Å². The number of para-hydroxylation sites is 1. The third kappa shape index (κ3) is 4.47. The predicted octanol–water partition coefficient (Wildman–Crippen LogP) is 4.90. The van der Waals surface area contributed by atoms with Crippen molar-refractivity contribution in [2.45, 2.75) is 51.7 Å². The summed E-state index contributed by atoms with van der Waals surface area (Å²) in [6, 6.07) is 14.5. The minimum absolute atomic E-state index is 0.0584. The van der Waals surface area contributed by atoms with Crippen molar-refractivity contribution in [1.29, 1.82) is 0 Å². The molecule has 5 heteroatoms. The van der Waals surface area contributed by atoms with E-state index in [0.29, 0.717) is 19.5 Å². The minimum atomic E-state index is -0.0584. The standard InChI is InChI=1S/C26H32N2O3/c1-5-19-8-7-11-22-24(14-27-26(19)22)23(20-9-6-10-21(12-20)30-4)13-25(29)28-15-17(2)31-18(3)16-28/h6-12,14,17-18,23,27H,5,13,15-16H2,1-4H3/t17-,18+,23-/m1/s1. The maximum absolute atomic E-state index is 13.4. The summed E-state index contributed by atoms with van der Waals surface area (Å²) in [6.45, 7) is 7.51. The third-order valence-electron chi connectivity index (χ3n) is 6.24. The first-order valence-electron chi connectivity index (χ1n) is 11.2. The van der Waals surface area contributed by atoms with Gasteiger partial charge in [0.25, 0.3) is 0 Å². The molecule has 2 aromatic carbocycles. The Morgan fingerprint density at radius 3 is 2.65 bits per heavy atom. The van der Waals surface area contributed by atoms with Crippen LogP contribution in [0.5, 0.6) is 5.75 Å². The highest BCUT2D eigenvalue weighted by atomic mass is 16.5. The molecule has 3 aromatic rings. The fraction of sp³-hybridized carbons (Fsp3) is 0.423. The maximum atomic E-state index is 13.4. The molecule has 0 spiro atoms. The lowest BCUT2D eigenvalue weighted by atomic mass is 9.87. The number of nitrogens with zero attached hydrogens (tertiary/aromatic N) is 1. The number of methoxy groups -OCH3 is 1. The average molecular weight is 421 g/mol. The molecule has 0 saturated carbocycles. The molecule has 0 aliphatic carbocycles. The monoisotopic (exact) mass is 420 g/mol. The quantitative estimate of drug-likeness (QED) is 0.617. The molecule has 1 aliphatic heterocycles. The van der Waals surface area contributed by atoms with Gasteiger partial charge in [0.2, 0.25) is 5.91 Å². The molecule has 0 bridgehead atoms. The number of benzene rings is 2. The van der Waals surface area contributed by atoms with Gasteiger partial charge >= 0.3 is 0 Å². The van der Waals surface area contributed by atoms with E-state index in [0.717, 1.165) is 28.8 Å². The van der Waals surface area contributed by atoms with Crippen molar-refractivity contribution in [2.75, 3.05) is 20.2 Å². The number of morpholine rings is 1. The lowest BCUT2D eigenvalue weighted by molar-refractivity contribution is -0.143. The smallest absolute Gasteiger partial charge is 0.223 e. The number of nitrogens with one attached hydrogen (secondary N) is 1. The Hall–Kier alpha value is -2.79. The maximum Gasteiger partial charge on any atom is 0.223 e. The molecule has 4 rings (SSSR count). The van der Waals surface area contributed by atoms with Crippen molar-refractivity contribution in [3.63, 3.8) is 0 Å². The number of ether oxygens (including phenoxy) is 2. The number of hydrogen-bond acceptors (Lipinski definition) is 3. The van der Waals surface area contributed by atoms with Gasteiger partial charge in [-0.25, -0.2) is 0 Å². The van der Waals surface area contributed by atoms with Crippen molar-refractivity contribution in [3.05, 3.63) is 65.4 Å². The van der Waals surface area contributed by atoms with E-state index in [4.69, 9.17) is 9.47 Å². The zero-order chi connectivity index (χ0) is 22.0. The topological polar surface area (TPSA) is 54.6 Å². The van der Waals surface area contributed by atoms with Gasteiger partial charge in [0.05, 0.1) is 19.3 Å². The molecule has 1 aliphatic rings. The van der Waals surface area contributed by atoms with E-state index in [1.807, 2.05) is 36.9 Å². The highest BCUT2D eigenvalue weighted by Crippen LogP contribution is 2.36. The van der Waals surface area contributed by atoms with Crippen LogP contribution in [0.15, 0.2) is 48.7 Å². The number of aryl methyl sites for hydroxylation is 1. The van der Waals surface area contributed by atoms with E-state index in [2.05, 4.69) is 42.4 Å². The van der Waals surface area contributed by atoms with Crippen LogP contribution in [-0.2, 0) is 16.0 Å². The third-order valence-corrected chi connectivity index (χ3v) is 6.24. The van der Waals surface area contributed by atoms with E-state index in [1.54, 1.807) is 7.11 Å². The van der Waals surface area contributed by atoms with Crippen LogP contribution in [0.3, 0.4) is 0 Å². The zero-order valence-corrected chi connectivity index (χ0v) is 18.9. The minimum Gasteiger partial charge on any atom is -0.497 e. The van der Waals surface area contributed by atoms with Crippen LogP contribution in [0.25, 0.3) is 10.9 Å². The summed E-state index contributed by atoms with van der Waals surface area (Å²) in [6.07, 6.45) is 3.57. The Morgan fingerprint density at radius 1 is 1.19 bits per heavy atom. The first-order chi connectivity index (χ1) is 15.0. The summed E-state index contributed by atoms with van der Waals surface area (Å²) in [5, 5.41) is 1.18. The molecular weight excluding hydrogens is 388 g/mol. The van der Waals surface area contributed by atoms with Crippen molar-refractivity contribution >= 4 is 16.8 Å². The normalized spacial score (nSPS) is 20.1. The molecular formula is C26H32N2O3. The zero-order valence-electron chi connectivity index (χ0n) is 18.9. The number of carbonyl (C=O) groups excluding carboxylic acids is 1. The first kappa shape index (κ1) is 21.4. The Balaban J connectivity index is 1.73. The van der Waals surface area contributed by atoms with Gasteiger partial charge in [-0.05, 0) is 49.1 Å². The molecule has 0 unspecified atom stereocenters. The summed E-state index contributed by atoms with van der Waals surface area (Å²) in [4.78, 5) is 18.8. The number of amides is 1. The van der Waals surface area contributed by atoms with Gasteiger partial charge in [0.1, 0.15) is 5.75 Å². The predicted molar refractivity (Wildman–Crippen MR) is 124 cm³/mol. The lowest BCUT2D eigenvalue weighted by Gasteiger charge is -2.36. The Kier molecular flexibility index (Phi) is 6.33. The molecule has 1 fully saturated rings. The number of rotatable bonds is 6. The number of carbonyl (C=O) groups is 1. The van der Waals surface area contributed by atoms with Crippen LogP contribution in [0, 0.1) is 0 Å². The summed E-state index contributed by atoms with van der Waals surface area (Å²) >= 11 is 0. The highest BCUT2D eigenvalue weighted by molar-refractivity contribution is 5.88. The van der Waals surface area contributed by atoms with E-state index in [1.165, 1.54) is 10.9 Å². The first-order valence-corrected chi connectivity index (χ1v) is 11.2. The summed E-state index contributed by atoms with van der Waals surface area (Å²) in [5.74, 6) is 0.908. The van der Waals surface area contributed by atoms with E-state index < -0.39 is 0 Å². The Labute approximate surface area is 184 Å². The fourth-order valence-corrected chi connectivity index (χ4v) is 4.77. The van der Waals surface area contributed by atoms with Crippen molar-refractivity contribution in [2.24, 2.45) is 0 Å². The molecule has 5 nitrogen and oxygen atoms in total. The number of aromatic nitrogens is 1. The van der Waals surface area contributed by atoms with Crippen molar-refractivity contribution in [1.82, 2.24) is 9.88 Å². The van der Waals surface area contributed by atoms with Crippen LogP contribution >= 0.6 is 0 Å². The Bertz CT molecular complexity index is 1050. The van der Waals surface area contributed by atoms with Gasteiger partial charge in [0.15, 0.2) is 0 Å². The molecule has 2 heterocycles. The highest BCUT2D eigenvalue weighted by Gasteiger charge is 2.29. The fourth-order valence-electron chi connectivity index (χ4n) is 4.77. The van der Waals surface area contributed by atoms with Gasteiger partial charge in [0, 0.05) is 42.5 Å². The van der Waals surface area contributed by atoms with Crippen LogP contribution in [0.2, 0.25) is 0 Å². The van der Waals surface area contributed by atoms with Crippen LogP contribution < -0.4 is 4.74 Å². The van der Waals surface area contributed by atoms with E-state index >= 15 is 0 Å². The summed E-state index contributed by atoms with van der Waals surface area (Å²) in [5.41, 5.74) is 4.69. The molecule has 1 N–H and O–H groups in total. The number of fused-ring (bicyclic) bond motifs is 1. The van der Waals surface area contributed by atoms with Gasteiger partial charge in [-0.2, -0.15) is 0 Å². The van der Waals surface area contributed by atoms with Crippen molar-refractivity contribution in [3.8, 4) is 5.75 Å². The molecule has 1 aromatic heterocycles. The van der Waals surface area contributed by atoms with Gasteiger partial charge in [-0.15, -0.1) is 0 Å². The molecule has 1 amide bonds. The number of H-pyrrole nitrogens is 1. The van der Waals surface area contributed by atoms with Gasteiger partial charge in [-0.3, -0.25) is 4.79 Å². The van der Waals surface area contributed by atoms with Gasteiger partial charge in [-0.1, -0.05) is 37.3 Å².